The van der Waals surface area contributed by atoms with E-state index in [0.29, 0.717) is 0 Å². The molecule has 0 unspecified atom stereocenters. The fraction of sp³-hybridized carbons (Fsp3) is 0.462. The molecule has 2 aromatic rings. The van der Waals surface area contributed by atoms with Crippen LogP contribution in [0, 0.1) is 0 Å². The Balaban J connectivity index is 1.74. The lowest BCUT2D eigenvalue weighted by Gasteiger charge is -2.08. The number of amides is 2. The van der Waals surface area contributed by atoms with Crippen molar-refractivity contribution in [3.05, 3.63) is 33.8 Å². The maximum atomic E-state index is 12.6. The van der Waals surface area contributed by atoms with Gasteiger partial charge in [-0.2, -0.15) is 36.5 Å². The van der Waals surface area contributed by atoms with Crippen molar-refractivity contribution >= 4 is 29.2 Å². The highest BCUT2D eigenvalue weighted by molar-refractivity contribution is 6.31. The number of hydrogen-bond donors (Lipinski definition) is 2. The first-order chi connectivity index (χ1) is 12.9. The van der Waals surface area contributed by atoms with E-state index in [1.54, 1.807) is 0 Å². The SMILES string of the molecule is O=C(NCCn1cc(Cl)c(C(F)(F)F)n1)NCCn1cc(Cl)c(C(F)(F)F)n1. The minimum atomic E-state index is -4.69. The second kappa shape index (κ2) is 8.47. The number of carbonyl (C=O) groups excluding carboxylic acids is 1. The van der Waals surface area contributed by atoms with E-state index in [2.05, 4.69) is 20.8 Å². The Morgan fingerprint density at radius 2 is 1.21 bits per heavy atom. The third kappa shape index (κ3) is 5.92. The summed E-state index contributed by atoms with van der Waals surface area (Å²) in [6, 6.07) is -0.677. The lowest BCUT2D eigenvalue weighted by atomic mass is 10.4. The molecular formula is C13H12Cl2F6N6O. The Kier molecular flexibility index (Phi) is 6.70. The van der Waals surface area contributed by atoms with Crippen molar-refractivity contribution in [2.45, 2.75) is 25.4 Å². The van der Waals surface area contributed by atoms with Crippen molar-refractivity contribution in [3.63, 3.8) is 0 Å². The highest BCUT2D eigenvalue weighted by atomic mass is 35.5. The van der Waals surface area contributed by atoms with Crippen LogP contribution in [0.4, 0.5) is 31.1 Å². The molecule has 2 N–H and O–H groups in total. The molecule has 0 aliphatic heterocycles. The van der Waals surface area contributed by atoms with Gasteiger partial charge in [0, 0.05) is 25.5 Å². The number of aromatic nitrogens is 4. The van der Waals surface area contributed by atoms with E-state index in [0.717, 1.165) is 21.8 Å². The van der Waals surface area contributed by atoms with Crippen molar-refractivity contribution in [2.24, 2.45) is 0 Å². The molecule has 28 heavy (non-hydrogen) atoms. The predicted octanol–water partition coefficient (Wildman–Crippen LogP) is 3.42. The average molecular weight is 453 g/mol. The van der Waals surface area contributed by atoms with Gasteiger partial charge in [0.05, 0.1) is 23.1 Å². The van der Waals surface area contributed by atoms with Gasteiger partial charge in [-0.3, -0.25) is 9.36 Å². The molecule has 0 atom stereocenters. The zero-order chi connectivity index (χ0) is 21.1. The molecule has 156 valence electrons. The predicted molar refractivity (Wildman–Crippen MR) is 85.9 cm³/mol. The standard InChI is InChI=1S/C13H12Cl2F6N6O/c14-7-5-26(24-9(7)12(16,17)18)3-1-22-11(28)23-2-4-27-6-8(15)10(25-27)13(19,20)21/h5-6H,1-4H2,(H2,22,23,28). The Bertz CT molecular complexity index is 764. The van der Waals surface area contributed by atoms with Crippen molar-refractivity contribution in [2.75, 3.05) is 13.1 Å². The summed E-state index contributed by atoms with van der Waals surface area (Å²) >= 11 is 10.9. The van der Waals surface area contributed by atoms with E-state index in [1.165, 1.54) is 0 Å². The molecule has 0 bridgehead atoms. The number of nitrogens with zero attached hydrogens (tertiary/aromatic N) is 4. The molecule has 2 aromatic heterocycles. The minimum Gasteiger partial charge on any atom is -0.336 e. The summed E-state index contributed by atoms with van der Waals surface area (Å²) in [5.74, 6) is 0. The molecule has 0 saturated carbocycles. The van der Waals surface area contributed by atoms with E-state index >= 15 is 0 Å². The lowest BCUT2D eigenvalue weighted by molar-refractivity contribution is -0.142. The summed E-state index contributed by atoms with van der Waals surface area (Å²) in [5, 5.41) is 10.1. The van der Waals surface area contributed by atoms with Gasteiger partial charge in [-0.05, 0) is 0 Å². The first-order valence-electron chi connectivity index (χ1n) is 7.50. The van der Waals surface area contributed by atoms with Crippen molar-refractivity contribution in [1.82, 2.24) is 30.2 Å². The van der Waals surface area contributed by atoms with Gasteiger partial charge < -0.3 is 10.6 Å². The smallest absolute Gasteiger partial charge is 0.336 e. The molecule has 0 saturated heterocycles. The van der Waals surface area contributed by atoms with Gasteiger partial charge in [0.15, 0.2) is 11.4 Å². The largest absolute Gasteiger partial charge is 0.436 e. The van der Waals surface area contributed by atoms with Crippen LogP contribution in [0.2, 0.25) is 10.0 Å². The molecule has 2 amide bonds. The summed E-state index contributed by atoms with van der Waals surface area (Å²) in [7, 11) is 0. The molecular weight excluding hydrogens is 441 g/mol. The molecule has 2 rings (SSSR count). The second-order valence-electron chi connectivity index (χ2n) is 5.36. The van der Waals surface area contributed by atoms with E-state index in [9.17, 15) is 31.1 Å². The van der Waals surface area contributed by atoms with Crippen LogP contribution in [-0.2, 0) is 25.4 Å². The molecule has 15 heteroatoms. The molecule has 0 aliphatic rings. The van der Waals surface area contributed by atoms with Gasteiger partial charge in [-0.25, -0.2) is 4.79 Å². The Morgan fingerprint density at radius 1 is 0.857 bits per heavy atom. The fourth-order valence-electron chi connectivity index (χ4n) is 2.04. The summed E-state index contributed by atoms with van der Waals surface area (Å²) in [6.45, 7) is -0.278. The molecule has 0 radical (unpaired) electrons. The molecule has 2 heterocycles. The van der Waals surface area contributed by atoms with E-state index < -0.39 is 39.8 Å². The van der Waals surface area contributed by atoms with Crippen molar-refractivity contribution < 1.29 is 31.1 Å². The maximum absolute atomic E-state index is 12.6. The Hall–Kier alpha value is -2.15. The second-order valence-corrected chi connectivity index (χ2v) is 6.17. The lowest BCUT2D eigenvalue weighted by Crippen LogP contribution is -2.38. The summed E-state index contributed by atoms with van der Waals surface area (Å²) in [6.07, 6.45) is -7.42. The summed E-state index contributed by atoms with van der Waals surface area (Å²) in [4.78, 5) is 11.6. The maximum Gasteiger partial charge on any atom is 0.436 e. The third-order valence-corrected chi connectivity index (χ3v) is 3.78. The van der Waals surface area contributed by atoms with Gasteiger partial charge in [-0.1, -0.05) is 23.2 Å². The van der Waals surface area contributed by atoms with Crippen LogP contribution in [0.25, 0.3) is 0 Å². The van der Waals surface area contributed by atoms with Crippen LogP contribution in [0.5, 0.6) is 0 Å². The van der Waals surface area contributed by atoms with E-state index in [-0.39, 0.29) is 26.2 Å². The van der Waals surface area contributed by atoms with Crippen LogP contribution in [-0.4, -0.2) is 38.7 Å². The quantitative estimate of drug-likeness (QED) is 0.659. The molecule has 0 aromatic carbocycles. The highest BCUT2D eigenvalue weighted by Gasteiger charge is 2.37. The van der Waals surface area contributed by atoms with Gasteiger partial charge in [0.2, 0.25) is 0 Å². The monoisotopic (exact) mass is 452 g/mol. The Morgan fingerprint density at radius 3 is 1.50 bits per heavy atom. The topological polar surface area (TPSA) is 76.8 Å². The summed E-state index contributed by atoms with van der Waals surface area (Å²) < 4.78 is 77.2. The van der Waals surface area contributed by atoms with Gasteiger partial charge in [0.1, 0.15) is 0 Å². The van der Waals surface area contributed by atoms with Crippen LogP contribution in [0.15, 0.2) is 12.4 Å². The molecule has 7 nitrogen and oxygen atoms in total. The zero-order valence-corrected chi connectivity index (χ0v) is 15.2. The fourth-order valence-corrected chi connectivity index (χ4v) is 2.55. The first kappa shape index (κ1) is 22.1. The molecule has 0 aliphatic carbocycles. The van der Waals surface area contributed by atoms with E-state index in [4.69, 9.17) is 23.2 Å². The van der Waals surface area contributed by atoms with Crippen LogP contribution in [0.1, 0.15) is 11.4 Å². The zero-order valence-electron chi connectivity index (χ0n) is 13.7. The Labute approximate surface area is 163 Å². The van der Waals surface area contributed by atoms with Gasteiger partial charge in [-0.15, -0.1) is 0 Å². The number of nitrogens with one attached hydrogen (secondary N) is 2. The third-order valence-electron chi connectivity index (χ3n) is 3.22. The van der Waals surface area contributed by atoms with Crippen LogP contribution in [0.3, 0.4) is 0 Å². The van der Waals surface area contributed by atoms with Crippen molar-refractivity contribution in [3.8, 4) is 0 Å². The normalized spacial score (nSPS) is 12.3. The number of halogens is 8. The number of urea groups is 1. The van der Waals surface area contributed by atoms with Gasteiger partial charge in [0.25, 0.3) is 0 Å². The number of alkyl halides is 6. The number of rotatable bonds is 6. The highest BCUT2D eigenvalue weighted by Crippen LogP contribution is 2.33. The molecule has 0 spiro atoms. The number of carbonyl (C=O) groups is 1. The van der Waals surface area contributed by atoms with Gasteiger partial charge >= 0.3 is 18.4 Å². The van der Waals surface area contributed by atoms with Crippen LogP contribution < -0.4 is 10.6 Å². The van der Waals surface area contributed by atoms with E-state index in [1.807, 2.05) is 0 Å². The average Bonchev–Trinajstić information content (AvgIpc) is 3.09. The first-order valence-corrected chi connectivity index (χ1v) is 8.25. The van der Waals surface area contributed by atoms with Crippen LogP contribution >= 0.6 is 23.2 Å². The van der Waals surface area contributed by atoms with Crippen molar-refractivity contribution in [1.29, 1.82) is 0 Å². The number of hydrogen-bond acceptors (Lipinski definition) is 3. The minimum absolute atomic E-state index is 0.0625. The molecule has 0 fully saturated rings. The summed E-state index contributed by atoms with van der Waals surface area (Å²) in [5.41, 5.74) is -2.45.